The van der Waals surface area contributed by atoms with E-state index >= 15 is 0 Å². The summed E-state index contributed by atoms with van der Waals surface area (Å²) in [5, 5.41) is 12.9. The van der Waals surface area contributed by atoms with E-state index in [4.69, 9.17) is 21.4 Å². The Balaban J connectivity index is 1.58. The zero-order valence-electron chi connectivity index (χ0n) is 17.5. The van der Waals surface area contributed by atoms with E-state index in [1.54, 1.807) is 36.4 Å². The number of carbonyl (C=O) groups is 2. The number of hydrogen-bond acceptors (Lipinski definition) is 4. The van der Waals surface area contributed by atoms with Crippen LogP contribution in [0.2, 0.25) is 5.02 Å². The Morgan fingerprint density at radius 3 is 2.56 bits per heavy atom. The minimum absolute atomic E-state index is 0.00434. The van der Waals surface area contributed by atoms with Gasteiger partial charge < -0.3 is 20.5 Å². The molecule has 2 aromatic carbocycles. The van der Waals surface area contributed by atoms with Gasteiger partial charge in [-0.3, -0.25) is 9.78 Å². The molecule has 0 radical (unpaired) electrons. The van der Waals surface area contributed by atoms with Crippen molar-refractivity contribution in [2.24, 2.45) is 0 Å². The number of aromatic nitrogens is 1. The number of alkyl halides is 3. The number of aryl methyl sites for hydroxylation is 1. The molecule has 34 heavy (non-hydrogen) atoms. The molecule has 0 saturated carbocycles. The number of nitrogens with one attached hydrogen (secondary N) is 2. The first-order valence-corrected chi connectivity index (χ1v) is 10.3. The van der Waals surface area contributed by atoms with E-state index in [9.17, 15) is 22.8 Å². The highest BCUT2D eigenvalue weighted by atomic mass is 35.5. The minimum Gasteiger partial charge on any atom is -0.465 e. The van der Waals surface area contributed by atoms with Crippen molar-refractivity contribution in [3.8, 4) is 11.5 Å². The van der Waals surface area contributed by atoms with E-state index in [2.05, 4.69) is 15.6 Å². The van der Waals surface area contributed by atoms with Gasteiger partial charge in [-0.05, 0) is 48.4 Å². The van der Waals surface area contributed by atoms with Crippen LogP contribution in [-0.2, 0) is 23.9 Å². The summed E-state index contributed by atoms with van der Waals surface area (Å²) in [6.45, 7) is 0.0275. The van der Waals surface area contributed by atoms with Gasteiger partial charge >= 0.3 is 12.3 Å². The van der Waals surface area contributed by atoms with Crippen LogP contribution in [0.15, 0.2) is 60.8 Å². The summed E-state index contributed by atoms with van der Waals surface area (Å²) in [4.78, 5) is 26.9. The zero-order chi connectivity index (χ0) is 24.7. The molecule has 0 saturated heterocycles. The van der Waals surface area contributed by atoms with Gasteiger partial charge in [-0.25, -0.2) is 4.79 Å². The minimum atomic E-state index is -4.62. The first-order chi connectivity index (χ1) is 16.1. The zero-order valence-corrected chi connectivity index (χ0v) is 18.3. The Hall–Kier alpha value is -3.79. The molecule has 0 fully saturated rings. The third-order valence-corrected chi connectivity index (χ3v) is 4.87. The molecule has 7 nitrogen and oxygen atoms in total. The SMILES string of the molecule is O=C(O)NCc1cc(Oc2cccc(CCC(=O)Nc3ccc(Cl)c(C(F)(F)F)c3)c2)ccn1. The average Bonchev–Trinajstić information content (AvgIpc) is 2.77. The molecule has 0 aliphatic heterocycles. The van der Waals surface area contributed by atoms with Gasteiger partial charge in [0, 0.05) is 24.4 Å². The fourth-order valence-electron chi connectivity index (χ4n) is 2.98. The van der Waals surface area contributed by atoms with Crippen LogP contribution in [0.5, 0.6) is 11.5 Å². The number of hydrogen-bond donors (Lipinski definition) is 3. The number of carbonyl (C=O) groups excluding carboxylic acids is 1. The van der Waals surface area contributed by atoms with Crippen molar-refractivity contribution >= 4 is 29.3 Å². The molecule has 0 unspecified atom stereocenters. The van der Waals surface area contributed by atoms with Crippen molar-refractivity contribution in [1.82, 2.24) is 10.3 Å². The number of amides is 2. The van der Waals surface area contributed by atoms with Crippen LogP contribution in [-0.4, -0.2) is 22.1 Å². The number of pyridine rings is 1. The number of nitrogens with zero attached hydrogens (tertiary/aromatic N) is 1. The predicted molar refractivity (Wildman–Crippen MR) is 119 cm³/mol. The van der Waals surface area contributed by atoms with Crippen LogP contribution < -0.4 is 15.4 Å². The molecule has 0 atom stereocenters. The van der Waals surface area contributed by atoms with Gasteiger partial charge in [-0.2, -0.15) is 13.2 Å². The van der Waals surface area contributed by atoms with E-state index in [1.807, 2.05) is 0 Å². The Morgan fingerprint density at radius 1 is 1.06 bits per heavy atom. The van der Waals surface area contributed by atoms with Crippen molar-refractivity contribution in [1.29, 1.82) is 0 Å². The van der Waals surface area contributed by atoms with Gasteiger partial charge in [0.05, 0.1) is 22.8 Å². The Kier molecular flexibility index (Phi) is 7.95. The lowest BCUT2D eigenvalue weighted by molar-refractivity contribution is -0.137. The van der Waals surface area contributed by atoms with Crippen molar-refractivity contribution in [2.75, 3.05) is 5.32 Å². The lowest BCUT2D eigenvalue weighted by Gasteiger charge is -2.12. The number of rotatable bonds is 8. The average molecular weight is 494 g/mol. The molecule has 2 amide bonds. The number of carboxylic acid groups (broad SMARTS) is 1. The fraction of sp³-hybridized carbons (Fsp3) is 0.174. The van der Waals surface area contributed by atoms with E-state index in [0.717, 1.165) is 17.7 Å². The fourth-order valence-corrected chi connectivity index (χ4v) is 3.21. The van der Waals surface area contributed by atoms with Gasteiger partial charge in [-0.1, -0.05) is 23.7 Å². The largest absolute Gasteiger partial charge is 0.465 e. The van der Waals surface area contributed by atoms with Crippen LogP contribution in [0.4, 0.5) is 23.7 Å². The van der Waals surface area contributed by atoms with E-state index < -0.39 is 28.8 Å². The highest BCUT2D eigenvalue weighted by Crippen LogP contribution is 2.36. The van der Waals surface area contributed by atoms with Crippen molar-refractivity contribution in [2.45, 2.75) is 25.6 Å². The maximum atomic E-state index is 13.0. The third-order valence-electron chi connectivity index (χ3n) is 4.54. The van der Waals surface area contributed by atoms with Gasteiger partial charge in [0.1, 0.15) is 11.5 Å². The highest BCUT2D eigenvalue weighted by molar-refractivity contribution is 6.31. The molecule has 0 bridgehead atoms. The van der Waals surface area contributed by atoms with Crippen molar-refractivity contribution in [3.63, 3.8) is 0 Å². The lowest BCUT2D eigenvalue weighted by atomic mass is 10.1. The van der Waals surface area contributed by atoms with E-state index in [0.29, 0.717) is 23.6 Å². The molecule has 0 aliphatic carbocycles. The standard InChI is InChI=1S/C23H19ClF3N3O4/c24-20-6-5-15(12-19(20)23(25,26)27)30-21(31)7-4-14-2-1-3-17(10-14)34-18-8-9-28-16(11-18)13-29-22(32)33/h1-3,5-6,8-12,29H,4,7,13H2,(H,30,31)(H,32,33). The molecule has 11 heteroatoms. The first-order valence-electron chi connectivity index (χ1n) is 9.95. The summed E-state index contributed by atoms with van der Waals surface area (Å²) in [5.74, 6) is 0.496. The second-order valence-electron chi connectivity index (χ2n) is 7.13. The maximum absolute atomic E-state index is 13.0. The van der Waals surface area contributed by atoms with Crippen molar-refractivity contribution in [3.05, 3.63) is 82.6 Å². The molecular formula is C23H19ClF3N3O4. The molecule has 3 rings (SSSR count). The Bertz CT molecular complexity index is 1190. The normalized spacial score (nSPS) is 11.1. The quantitative estimate of drug-likeness (QED) is 0.363. The summed E-state index contributed by atoms with van der Waals surface area (Å²) in [7, 11) is 0. The number of ether oxygens (including phenoxy) is 1. The van der Waals surface area contributed by atoms with Gasteiger partial charge in [0.2, 0.25) is 5.91 Å². The molecule has 3 aromatic rings. The maximum Gasteiger partial charge on any atom is 0.417 e. The molecule has 178 valence electrons. The summed E-state index contributed by atoms with van der Waals surface area (Å²) in [6.07, 6.45) is -3.94. The first kappa shape index (κ1) is 24.8. The van der Waals surface area contributed by atoms with Gasteiger partial charge in [-0.15, -0.1) is 0 Å². The topological polar surface area (TPSA) is 101 Å². The van der Waals surface area contributed by atoms with Crippen LogP contribution in [0.3, 0.4) is 0 Å². The van der Waals surface area contributed by atoms with Crippen LogP contribution >= 0.6 is 11.6 Å². The Labute approximate surface area is 197 Å². The van der Waals surface area contributed by atoms with Crippen LogP contribution in [0, 0.1) is 0 Å². The lowest BCUT2D eigenvalue weighted by Crippen LogP contribution is -2.20. The summed E-state index contributed by atoms with van der Waals surface area (Å²) >= 11 is 5.59. The number of halogens is 4. The van der Waals surface area contributed by atoms with Crippen molar-refractivity contribution < 1.29 is 32.6 Å². The molecule has 0 aliphatic rings. The predicted octanol–water partition coefficient (Wildman–Crippen LogP) is 5.89. The third kappa shape index (κ3) is 7.38. The highest BCUT2D eigenvalue weighted by Gasteiger charge is 2.33. The molecule has 0 spiro atoms. The second-order valence-corrected chi connectivity index (χ2v) is 7.54. The molecular weight excluding hydrogens is 475 g/mol. The molecule has 3 N–H and O–H groups in total. The molecule has 1 aromatic heterocycles. The van der Waals surface area contributed by atoms with Gasteiger partial charge in [0.25, 0.3) is 0 Å². The summed E-state index contributed by atoms with van der Waals surface area (Å²) < 4.78 is 44.7. The summed E-state index contributed by atoms with van der Waals surface area (Å²) in [6, 6.07) is 13.4. The van der Waals surface area contributed by atoms with Crippen LogP contribution in [0.1, 0.15) is 23.2 Å². The summed E-state index contributed by atoms with van der Waals surface area (Å²) in [5.41, 5.74) is 0.240. The van der Waals surface area contributed by atoms with Crippen LogP contribution in [0.25, 0.3) is 0 Å². The van der Waals surface area contributed by atoms with Gasteiger partial charge in [0.15, 0.2) is 0 Å². The Morgan fingerprint density at radius 2 is 1.82 bits per heavy atom. The number of benzene rings is 2. The number of anilines is 1. The molecule has 1 heterocycles. The van der Waals surface area contributed by atoms with E-state index in [-0.39, 0.29) is 18.7 Å². The smallest absolute Gasteiger partial charge is 0.417 e. The second kappa shape index (κ2) is 10.9. The van der Waals surface area contributed by atoms with E-state index in [1.165, 1.54) is 12.3 Å². The monoisotopic (exact) mass is 493 g/mol.